The number of rotatable bonds is 3. The van der Waals surface area contributed by atoms with Crippen LogP contribution in [0.2, 0.25) is 0 Å². The summed E-state index contributed by atoms with van der Waals surface area (Å²) in [5.74, 6) is 0.258. The summed E-state index contributed by atoms with van der Waals surface area (Å²) >= 11 is 1.55. The molecule has 0 aliphatic rings. The number of hydrogen-bond donors (Lipinski definition) is 3. The first-order valence-electron chi connectivity index (χ1n) is 3.93. The second-order valence-corrected chi connectivity index (χ2v) is 3.59. The molecule has 13 heavy (non-hydrogen) atoms. The van der Waals surface area contributed by atoms with E-state index >= 15 is 0 Å². The molecule has 0 aliphatic carbocycles. The van der Waals surface area contributed by atoms with E-state index in [1.165, 1.54) is 0 Å². The second-order valence-electron chi connectivity index (χ2n) is 2.75. The highest BCUT2D eigenvalue weighted by Gasteiger charge is 2.08. The van der Waals surface area contributed by atoms with Gasteiger partial charge in [-0.05, 0) is 24.8 Å². The van der Waals surface area contributed by atoms with Gasteiger partial charge in [-0.15, -0.1) is 11.8 Å². The van der Waals surface area contributed by atoms with Crippen LogP contribution in [0.15, 0.2) is 17.0 Å². The molecule has 0 saturated heterocycles. The third-order valence-electron chi connectivity index (χ3n) is 1.92. The first kappa shape index (κ1) is 10.4. The van der Waals surface area contributed by atoms with Crippen molar-refractivity contribution in [3.63, 3.8) is 0 Å². The highest BCUT2D eigenvalue weighted by atomic mass is 32.2. The van der Waals surface area contributed by atoms with E-state index in [0.717, 1.165) is 16.0 Å². The third kappa shape index (κ3) is 2.15. The van der Waals surface area contributed by atoms with Gasteiger partial charge < -0.3 is 10.3 Å². The van der Waals surface area contributed by atoms with Crippen LogP contribution < -0.4 is 5.48 Å². The molecule has 0 spiro atoms. The van der Waals surface area contributed by atoms with Crippen molar-refractivity contribution in [2.75, 3.05) is 6.26 Å². The van der Waals surface area contributed by atoms with Crippen molar-refractivity contribution < 1.29 is 10.3 Å². The number of benzene rings is 1. The molecule has 0 saturated carbocycles. The molecule has 3 N–H and O–H groups in total. The predicted molar refractivity (Wildman–Crippen MR) is 53.3 cm³/mol. The van der Waals surface area contributed by atoms with Crippen molar-refractivity contribution in [3.05, 3.63) is 23.3 Å². The molecule has 0 unspecified atom stereocenters. The van der Waals surface area contributed by atoms with E-state index < -0.39 is 0 Å². The molecule has 0 heterocycles. The second kappa shape index (κ2) is 4.50. The van der Waals surface area contributed by atoms with E-state index in [1.54, 1.807) is 11.8 Å². The van der Waals surface area contributed by atoms with E-state index in [9.17, 15) is 5.11 Å². The van der Waals surface area contributed by atoms with Gasteiger partial charge in [0.25, 0.3) is 0 Å². The van der Waals surface area contributed by atoms with Gasteiger partial charge in [0.05, 0.1) is 6.54 Å². The molecule has 1 aromatic rings. The van der Waals surface area contributed by atoms with Crippen LogP contribution in [0, 0.1) is 6.92 Å². The maximum absolute atomic E-state index is 9.68. The normalized spacial score (nSPS) is 10.4. The summed E-state index contributed by atoms with van der Waals surface area (Å²) in [6.07, 6.45) is 1.94. The van der Waals surface area contributed by atoms with Gasteiger partial charge in [-0.25, -0.2) is 5.48 Å². The van der Waals surface area contributed by atoms with Crippen molar-refractivity contribution >= 4 is 11.8 Å². The molecule has 0 aliphatic heterocycles. The molecule has 4 heteroatoms. The number of hydroxylamine groups is 1. The number of phenols is 1. The summed E-state index contributed by atoms with van der Waals surface area (Å²) in [5, 5.41) is 18.3. The Balaban J connectivity index is 3.15. The Kier molecular flexibility index (Phi) is 3.59. The fraction of sp³-hybridized carbons (Fsp3) is 0.333. The molecule has 0 atom stereocenters. The first-order chi connectivity index (χ1) is 6.20. The minimum Gasteiger partial charge on any atom is -0.507 e. The zero-order valence-corrected chi connectivity index (χ0v) is 8.48. The fourth-order valence-electron chi connectivity index (χ4n) is 1.18. The van der Waals surface area contributed by atoms with Crippen LogP contribution in [0.25, 0.3) is 0 Å². The van der Waals surface area contributed by atoms with Crippen LogP contribution in [0.1, 0.15) is 11.1 Å². The molecule has 0 radical (unpaired) electrons. The van der Waals surface area contributed by atoms with Crippen molar-refractivity contribution in [2.45, 2.75) is 18.4 Å². The summed E-state index contributed by atoms with van der Waals surface area (Å²) < 4.78 is 0. The van der Waals surface area contributed by atoms with E-state index in [2.05, 4.69) is 5.48 Å². The van der Waals surface area contributed by atoms with Crippen LogP contribution >= 0.6 is 11.8 Å². The fourth-order valence-corrected chi connectivity index (χ4v) is 1.80. The number of aromatic hydroxyl groups is 1. The molecule has 1 aromatic carbocycles. The minimum atomic E-state index is 0.258. The first-order valence-corrected chi connectivity index (χ1v) is 5.15. The maximum atomic E-state index is 9.68. The van der Waals surface area contributed by atoms with Crippen LogP contribution in [0.4, 0.5) is 0 Å². The summed E-state index contributed by atoms with van der Waals surface area (Å²) in [7, 11) is 0. The van der Waals surface area contributed by atoms with Gasteiger partial charge in [0.2, 0.25) is 0 Å². The number of hydrogen-bond acceptors (Lipinski definition) is 4. The van der Waals surface area contributed by atoms with Gasteiger partial charge in [0.15, 0.2) is 0 Å². The van der Waals surface area contributed by atoms with E-state index in [0.29, 0.717) is 0 Å². The highest BCUT2D eigenvalue weighted by Crippen LogP contribution is 2.30. The van der Waals surface area contributed by atoms with Crippen molar-refractivity contribution in [1.29, 1.82) is 0 Å². The topological polar surface area (TPSA) is 52.5 Å². The molecule has 1 rings (SSSR count). The van der Waals surface area contributed by atoms with Gasteiger partial charge in [-0.3, -0.25) is 0 Å². The highest BCUT2D eigenvalue weighted by molar-refractivity contribution is 7.98. The molecule has 0 aromatic heterocycles. The van der Waals surface area contributed by atoms with Crippen LogP contribution in [-0.4, -0.2) is 16.6 Å². The van der Waals surface area contributed by atoms with Crippen LogP contribution in [0.3, 0.4) is 0 Å². The standard InChI is InChI=1S/C9H13NO2S/c1-6-3-4-8(13-2)7(5-10-12)9(6)11/h3-4,10-12H,5H2,1-2H3. The van der Waals surface area contributed by atoms with Crippen molar-refractivity contribution in [3.8, 4) is 5.75 Å². The molecular weight excluding hydrogens is 186 g/mol. The Hall–Kier alpha value is -0.710. The smallest absolute Gasteiger partial charge is 0.124 e. The molecule has 0 fully saturated rings. The largest absolute Gasteiger partial charge is 0.507 e. The Morgan fingerprint density at radius 2 is 2.15 bits per heavy atom. The van der Waals surface area contributed by atoms with E-state index in [4.69, 9.17) is 5.21 Å². The van der Waals surface area contributed by atoms with Gasteiger partial charge in [-0.1, -0.05) is 6.07 Å². The lowest BCUT2D eigenvalue weighted by atomic mass is 10.1. The molecule has 72 valence electrons. The molecule has 3 nitrogen and oxygen atoms in total. The lowest BCUT2D eigenvalue weighted by molar-refractivity contribution is 0.159. The summed E-state index contributed by atoms with van der Waals surface area (Å²) in [5.41, 5.74) is 3.62. The average molecular weight is 199 g/mol. The molecular formula is C9H13NO2S. The molecule has 0 bridgehead atoms. The predicted octanol–water partition coefficient (Wildman–Crippen LogP) is 1.90. The number of phenolic OH excluding ortho intramolecular Hbond substituents is 1. The lowest BCUT2D eigenvalue weighted by Gasteiger charge is -2.10. The zero-order valence-electron chi connectivity index (χ0n) is 7.66. The van der Waals surface area contributed by atoms with Gasteiger partial charge >= 0.3 is 0 Å². The van der Waals surface area contributed by atoms with E-state index in [1.807, 2.05) is 25.3 Å². The van der Waals surface area contributed by atoms with E-state index in [-0.39, 0.29) is 12.3 Å². The Labute approximate surface area is 81.7 Å². The lowest BCUT2D eigenvalue weighted by Crippen LogP contribution is -2.07. The average Bonchev–Trinajstić information content (AvgIpc) is 2.14. The quantitative estimate of drug-likeness (QED) is 0.514. The summed E-state index contributed by atoms with van der Waals surface area (Å²) in [6, 6.07) is 3.80. The van der Waals surface area contributed by atoms with Crippen LogP contribution in [0.5, 0.6) is 5.75 Å². The monoisotopic (exact) mass is 199 g/mol. The number of thioether (sulfide) groups is 1. The minimum absolute atomic E-state index is 0.258. The summed E-state index contributed by atoms with van der Waals surface area (Å²) in [6.45, 7) is 2.10. The van der Waals surface area contributed by atoms with Gasteiger partial charge in [0, 0.05) is 10.5 Å². The SMILES string of the molecule is CSc1ccc(C)c(O)c1CNO. The maximum Gasteiger partial charge on any atom is 0.124 e. The van der Waals surface area contributed by atoms with Crippen LogP contribution in [-0.2, 0) is 6.54 Å². The Bertz CT molecular complexity index is 302. The van der Waals surface area contributed by atoms with Gasteiger partial charge in [0.1, 0.15) is 5.75 Å². The molecule has 0 amide bonds. The number of nitrogens with one attached hydrogen (secondary N) is 1. The Morgan fingerprint density at radius 3 is 2.69 bits per heavy atom. The summed E-state index contributed by atoms with van der Waals surface area (Å²) in [4.78, 5) is 0.977. The van der Waals surface area contributed by atoms with Gasteiger partial charge in [-0.2, -0.15) is 0 Å². The zero-order chi connectivity index (χ0) is 9.84. The Morgan fingerprint density at radius 1 is 1.46 bits per heavy atom. The van der Waals surface area contributed by atoms with Crippen molar-refractivity contribution in [1.82, 2.24) is 5.48 Å². The van der Waals surface area contributed by atoms with Crippen molar-refractivity contribution in [2.24, 2.45) is 0 Å². The third-order valence-corrected chi connectivity index (χ3v) is 2.74. The number of aryl methyl sites for hydroxylation is 1.